The number of aromatic nitrogens is 1. The molecule has 1 aromatic heterocycles. The predicted molar refractivity (Wildman–Crippen MR) is 117 cm³/mol. The first-order valence-corrected chi connectivity index (χ1v) is 11.7. The molecular formula is C24H33NO8. The van der Waals surface area contributed by atoms with Crippen molar-refractivity contribution in [2.24, 2.45) is 29.6 Å². The Morgan fingerprint density at radius 1 is 1.15 bits per heavy atom. The molecule has 0 aliphatic heterocycles. The van der Waals surface area contributed by atoms with E-state index in [1.165, 1.54) is 0 Å². The van der Waals surface area contributed by atoms with Crippen molar-refractivity contribution < 1.29 is 35.1 Å². The van der Waals surface area contributed by atoms with E-state index >= 15 is 0 Å². The Labute approximate surface area is 191 Å². The van der Waals surface area contributed by atoms with Crippen LogP contribution in [-0.2, 0) is 10.4 Å². The molecule has 6 N–H and O–H groups in total. The number of H-pyrrole nitrogens is 1. The summed E-state index contributed by atoms with van der Waals surface area (Å²) in [5, 5.41) is 52.1. The SMILES string of the molecule is CC1CCC2C(C=CC(C)C2C(=O)Oc2c(O)c(C3(O)CCC(O)C(O)C3O)c[nH]c2=O)C1. The fourth-order valence-corrected chi connectivity index (χ4v) is 5.90. The monoisotopic (exact) mass is 463 g/mol. The summed E-state index contributed by atoms with van der Waals surface area (Å²) < 4.78 is 5.45. The minimum Gasteiger partial charge on any atom is -0.504 e. The van der Waals surface area contributed by atoms with Gasteiger partial charge in [0.1, 0.15) is 17.8 Å². The highest BCUT2D eigenvalue weighted by molar-refractivity contribution is 5.77. The van der Waals surface area contributed by atoms with E-state index in [0.29, 0.717) is 5.92 Å². The van der Waals surface area contributed by atoms with Crippen LogP contribution in [0.25, 0.3) is 0 Å². The van der Waals surface area contributed by atoms with Gasteiger partial charge in [-0.15, -0.1) is 0 Å². The molecule has 0 aromatic carbocycles. The first-order valence-electron chi connectivity index (χ1n) is 11.7. The van der Waals surface area contributed by atoms with Crippen molar-refractivity contribution >= 4 is 5.97 Å². The number of aliphatic hydroxyl groups is 4. The summed E-state index contributed by atoms with van der Waals surface area (Å²) in [7, 11) is 0. The number of esters is 1. The number of allylic oxidation sites excluding steroid dienone is 2. The van der Waals surface area contributed by atoms with Gasteiger partial charge in [-0.3, -0.25) is 9.59 Å². The fourth-order valence-electron chi connectivity index (χ4n) is 5.90. The maximum absolute atomic E-state index is 13.2. The Morgan fingerprint density at radius 3 is 2.61 bits per heavy atom. The average molecular weight is 464 g/mol. The van der Waals surface area contributed by atoms with E-state index in [-0.39, 0.29) is 36.2 Å². The van der Waals surface area contributed by atoms with Gasteiger partial charge in [-0.2, -0.15) is 0 Å². The van der Waals surface area contributed by atoms with E-state index < -0.39 is 52.9 Å². The molecule has 33 heavy (non-hydrogen) atoms. The number of nitrogens with one attached hydrogen (secondary N) is 1. The van der Waals surface area contributed by atoms with E-state index in [9.17, 15) is 35.1 Å². The lowest BCUT2D eigenvalue weighted by Gasteiger charge is -2.42. The lowest BCUT2D eigenvalue weighted by Crippen LogP contribution is -2.55. The number of pyridine rings is 1. The number of hydrogen-bond acceptors (Lipinski definition) is 8. The molecule has 9 unspecified atom stereocenters. The van der Waals surface area contributed by atoms with Crippen LogP contribution in [0.2, 0.25) is 0 Å². The van der Waals surface area contributed by atoms with Gasteiger partial charge in [0.15, 0.2) is 5.75 Å². The number of aromatic hydroxyl groups is 1. The number of fused-ring (bicyclic) bond motifs is 1. The number of rotatable bonds is 3. The summed E-state index contributed by atoms with van der Waals surface area (Å²) in [5.74, 6) is -1.72. The lowest BCUT2D eigenvalue weighted by molar-refractivity contribution is -0.190. The Morgan fingerprint density at radius 2 is 1.88 bits per heavy atom. The van der Waals surface area contributed by atoms with Crippen molar-refractivity contribution in [3.8, 4) is 11.5 Å². The fraction of sp³-hybridized carbons (Fsp3) is 0.667. The van der Waals surface area contributed by atoms with E-state index in [0.717, 1.165) is 25.5 Å². The molecule has 9 heteroatoms. The Balaban J connectivity index is 1.63. The van der Waals surface area contributed by atoms with Gasteiger partial charge in [-0.25, -0.2) is 0 Å². The summed E-state index contributed by atoms with van der Waals surface area (Å²) in [6.07, 6.45) is 3.10. The highest BCUT2D eigenvalue weighted by atomic mass is 16.5. The Kier molecular flexibility index (Phi) is 6.43. The zero-order valence-electron chi connectivity index (χ0n) is 18.8. The van der Waals surface area contributed by atoms with Crippen molar-refractivity contribution in [3.05, 3.63) is 34.3 Å². The van der Waals surface area contributed by atoms with Gasteiger partial charge in [0.2, 0.25) is 5.75 Å². The van der Waals surface area contributed by atoms with Gasteiger partial charge in [0.25, 0.3) is 5.56 Å². The summed E-state index contributed by atoms with van der Waals surface area (Å²) in [6.45, 7) is 4.11. The predicted octanol–water partition coefficient (Wildman–Crippen LogP) is 0.924. The van der Waals surface area contributed by atoms with Crippen molar-refractivity contribution in [2.75, 3.05) is 0 Å². The standard InChI is InChI=1S/C24H33NO8/c1-11-3-6-14-13(9-11)5-4-12(2)17(14)23(31)33-20-18(27)15(10-25-22(20)30)24(32)8-7-16(26)19(28)21(24)29/h4-5,10-14,16-17,19,21,26,28-29,32H,3,6-9H2,1-2H3,(H2,25,27,30). The first-order chi connectivity index (χ1) is 15.5. The molecule has 0 spiro atoms. The lowest BCUT2D eigenvalue weighted by atomic mass is 9.63. The molecule has 3 aliphatic rings. The van der Waals surface area contributed by atoms with Crippen LogP contribution in [0.3, 0.4) is 0 Å². The van der Waals surface area contributed by atoms with Gasteiger partial charge < -0.3 is 35.3 Å². The second kappa shape index (κ2) is 8.87. The third kappa shape index (κ3) is 4.12. The molecule has 2 saturated carbocycles. The number of hydrogen-bond donors (Lipinski definition) is 6. The number of ether oxygens (including phenoxy) is 1. The molecule has 182 valence electrons. The largest absolute Gasteiger partial charge is 0.504 e. The van der Waals surface area contributed by atoms with Crippen molar-refractivity contribution in [1.29, 1.82) is 0 Å². The molecule has 3 aliphatic carbocycles. The van der Waals surface area contributed by atoms with Crippen LogP contribution in [0.1, 0.15) is 51.5 Å². The maximum Gasteiger partial charge on any atom is 0.315 e. The van der Waals surface area contributed by atoms with E-state index in [4.69, 9.17) is 4.74 Å². The quantitative estimate of drug-likeness (QED) is 0.285. The van der Waals surface area contributed by atoms with Gasteiger partial charge in [-0.05, 0) is 49.4 Å². The van der Waals surface area contributed by atoms with Crippen LogP contribution >= 0.6 is 0 Å². The first kappa shape index (κ1) is 23.9. The minimum atomic E-state index is -2.15. The molecule has 9 atom stereocenters. The van der Waals surface area contributed by atoms with Crippen LogP contribution in [0.5, 0.6) is 11.5 Å². The van der Waals surface area contributed by atoms with E-state index in [1.54, 1.807) is 0 Å². The molecule has 4 rings (SSSR count). The Hall–Kier alpha value is -2.20. The summed E-state index contributed by atoms with van der Waals surface area (Å²) in [4.78, 5) is 28.0. The second-order valence-corrected chi connectivity index (χ2v) is 10.1. The van der Waals surface area contributed by atoms with Crippen LogP contribution in [-0.4, -0.2) is 54.8 Å². The molecule has 9 nitrogen and oxygen atoms in total. The number of aromatic amines is 1. The summed E-state index contributed by atoms with van der Waals surface area (Å²) >= 11 is 0. The van der Waals surface area contributed by atoms with Crippen LogP contribution in [0.4, 0.5) is 0 Å². The maximum atomic E-state index is 13.2. The van der Waals surface area contributed by atoms with E-state index in [1.807, 2.05) is 13.0 Å². The molecule has 1 heterocycles. The zero-order valence-corrected chi connectivity index (χ0v) is 18.8. The zero-order chi connectivity index (χ0) is 24.1. The molecule has 0 radical (unpaired) electrons. The normalized spacial score (nSPS) is 40.8. The average Bonchev–Trinajstić information content (AvgIpc) is 2.77. The molecular weight excluding hydrogens is 430 g/mol. The van der Waals surface area contributed by atoms with Gasteiger partial charge in [0.05, 0.1) is 12.0 Å². The highest BCUT2D eigenvalue weighted by Crippen LogP contribution is 2.46. The topological polar surface area (TPSA) is 160 Å². The third-order valence-corrected chi connectivity index (χ3v) is 7.90. The summed E-state index contributed by atoms with van der Waals surface area (Å²) in [6, 6.07) is 0. The molecule has 1 aromatic rings. The number of carbonyl (C=O) groups is 1. The van der Waals surface area contributed by atoms with Gasteiger partial charge in [-0.1, -0.05) is 32.4 Å². The highest BCUT2D eigenvalue weighted by Gasteiger charge is 2.50. The van der Waals surface area contributed by atoms with Crippen molar-refractivity contribution in [3.63, 3.8) is 0 Å². The molecule has 0 amide bonds. The Bertz CT molecular complexity index is 989. The summed E-state index contributed by atoms with van der Waals surface area (Å²) in [5.41, 5.74) is -3.30. The third-order valence-electron chi connectivity index (χ3n) is 7.90. The van der Waals surface area contributed by atoms with Gasteiger partial charge >= 0.3 is 5.97 Å². The van der Waals surface area contributed by atoms with Gasteiger partial charge in [0, 0.05) is 11.8 Å². The molecule has 2 fully saturated rings. The number of aliphatic hydroxyl groups excluding tert-OH is 3. The van der Waals surface area contributed by atoms with Crippen molar-refractivity contribution in [2.45, 2.75) is 69.9 Å². The van der Waals surface area contributed by atoms with Crippen LogP contribution < -0.4 is 10.3 Å². The number of carbonyl (C=O) groups excluding carboxylic acids is 1. The van der Waals surface area contributed by atoms with Crippen LogP contribution in [0.15, 0.2) is 23.1 Å². The second-order valence-electron chi connectivity index (χ2n) is 10.1. The minimum absolute atomic E-state index is 0.0458. The van der Waals surface area contributed by atoms with E-state index in [2.05, 4.69) is 18.0 Å². The molecule has 0 bridgehead atoms. The smallest absolute Gasteiger partial charge is 0.315 e. The molecule has 0 saturated heterocycles. The van der Waals surface area contributed by atoms with Crippen molar-refractivity contribution in [1.82, 2.24) is 4.98 Å². The van der Waals surface area contributed by atoms with Crippen LogP contribution in [0, 0.1) is 29.6 Å².